The minimum atomic E-state index is -4.84. The Kier molecular flexibility index (Phi) is 8.96. The molecule has 1 aliphatic heterocycles. The SMILES string of the molecule is C[SiH](C)OC(c1ccc(OC2CCN(C(=O)OC(C)(C)C)CC2)cc1OC(F)(F)F)C(C)(C)C. The molecule has 1 atom stereocenters. The number of likely N-dealkylation sites (tertiary alicyclic amines) is 1. The van der Waals surface area contributed by atoms with Crippen molar-refractivity contribution >= 4 is 15.1 Å². The fourth-order valence-corrected chi connectivity index (χ4v) is 4.81. The van der Waals surface area contributed by atoms with Crippen molar-refractivity contribution in [2.45, 2.75) is 91.6 Å². The van der Waals surface area contributed by atoms with E-state index in [0.717, 1.165) is 0 Å². The normalized spacial score (nSPS) is 17.0. The zero-order chi connectivity index (χ0) is 25.9. The molecule has 34 heavy (non-hydrogen) atoms. The maximum atomic E-state index is 13.2. The molecule has 0 spiro atoms. The number of halogens is 3. The Morgan fingerprint density at radius 3 is 2.12 bits per heavy atom. The Balaban J connectivity index is 2.18. The first-order valence-corrected chi connectivity index (χ1v) is 14.4. The van der Waals surface area contributed by atoms with Crippen molar-refractivity contribution in [1.29, 1.82) is 0 Å². The van der Waals surface area contributed by atoms with Crippen LogP contribution in [-0.4, -0.2) is 51.2 Å². The van der Waals surface area contributed by atoms with Gasteiger partial charge in [-0.25, -0.2) is 4.79 Å². The fraction of sp³-hybridized carbons (Fsp3) is 0.708. The number of ether oxygens (including phenoxy) is 3. The third-order valence-corrected chi connectivity index (χ3v) is 5.90. The Morgan fingerprint density at radius 2 is 1.65 bits per heavy atom. The van der Waals surface area contributed by atoms with Crippen molar-refractivity contribution in [3.8, 4) is 11.5 Å². The largest absolute Gasteiger partial charge is 0.573 e. The molecule has 1 saturated heterocycles. The quantitative estimate of drug-likeness (QED) is 0.416. The third kappa shape index (κ3) is 9.01. The lowest BCUT2D eigenvalue weighted by atomic mass is 9.84. The minimum absolute atomic E-state index is 0.235. The summed E-state index contributed by atoms with van der Waals surface area (Å²) in [5.74, 6) is -0.0288. The maximum absolute atomic E-state index is 13.2. The summed E-state index contributed by atoms with van der Waals surface area (Å²) in [6, 6.07) is 4.54. The molecule has 1 aliphatic rings. The average molecular weight is 506 g/mol. The van der Waals surface area contributed by atoms with Crippen LogP contribution in [0.25, 0.3) is 0 Å². The molecule has 1 unspecified atom stereocenters. The van der Waals surface area contributed by atoms with Crippen molar-refractivity contribution < 1.29 is 36.6 Å². The van der Waals surface area contributed by atoms with E-state index in [2.05, 4.69) is 4.74 Å². The van der Waals surface area contributed by atoms with E-state index >= 15 is 0 Å². The molecule has 6 nitrogen and oxygen atoms in total. The molecule has 0 aromatic heterocycles. The van der Waals surface area contributed by atoms with Gasteiger partial charge >= 0.3 is 12.5 Å². The van der Waals surface area contributed by atoms with E-state index in [4.69, 9.17) is 13.9 Å². The summed E-state index contributed by atoms with van der Waals surface area (Å²) < 4.78 is 61.6. The van der Waals surface area contributed by atoms with E-state index in [0.29, 0.717) is 31.5 Å². The van der Waals surface area contributed by atoms with Gasteiger partial charge in [0.1, 0.15) is 23.2 Å². The van der Waals surface area contributed by atoms with Gasteiger partial charge in [0.15, 0.2) is 9.04 Å². The summed E-state index contributed by atoms with van der Waals surface area (Å²) >= 11 is 0. The maximum Gasteiger partial charge on any atom is 0.573 e. The molecule has 1 aromatic carbocycles. The molecular weight excluding hydrogens is 467 g/mol. The topological polar surface area (TPSA) is 57.2 Å². The Hall–Kier alpha value is -1.94. The molecule has 2 rings (SSSR count). The lowest BCUT2D eigenvalue weighted by molar-refractivity contribution is -0.275. The van der Waals surface area contributed by atoms with Crippen LogP contribution in [0, 0.1) is 5.41 Å². The molecule has 0 bridgehead atoms. The first-order chi connectivity index (χ1) is 15.4. The molecule has 1 aromatic rings. The second-order valence-electron chi connectivity index (χ2n) is 11.0. The summed E-state index contributed by atoms with van der Waals surface area (Å²) in [5.41, 5.74) is -0.663. The molecule has 10 heteroatoms. The van der Waals surface area contributed by atoms with Gasteiger partial charge in [0.05, 0.1) is 6.10 Å². The molecule has 1 amide bonds. The lowest BCUT2D eigenvalue weighted by Gasteiger charge is -2.35. The molecule has 0 aliphatic carbocycles. The molecule has 0 radical (unpaired) electrons. The lowest BCUT2D eigenvalue weighted by Crippen LogP contribution is -2.44. The number of hydrogen-bond acceptors (Lipinski definition) is 5. The van der Waals surface area contributed by atoms with E-state index in [9.17, 15) is 18.0 Å². The van der Waals surface area contributed by atoms with Crippen molar-refractivity contribution in [3.63, 3.8) is 0 Å². The molecule has 0 saturated carbocycles. The number of carbonyl (C=O) groups excluding carboxylic acids is 1. The number of benzene rings is 1. The van der Waals surface area contributed by atoms with Crippen LogP contribution in [0.3, 0.4) is 0 Å². The standard InChI is InChI=1S/C24H38F3NO5Si/c1-22(2,3)20(33-34(7)8)18-10-9-17(15-19(18)31-24(25,26)27)30-16-11-13-28(14-12-16)21(29)32-23(4,5)6/h9-10,15-16,20,34H,11-14H2,1-8H3. The highest BCUT2D eigenvalue weighted by Gasteiger charge is 2.37. The van der Waals surface area contributed by atoms with Crippen LogP contribution in [-0.2, 0) is 9.16 Å². The van der Waals surface area contributed by atoms with Crippen LogP contribution in [0.1, 0.15) is 66.1 Å². The van der Waals surface area contributed by atoms with Crippen molar-refractivity contribution in [3.05, 3.63) is 23.8 Å². The molecule has 0 N–H and O–H groups in total. The van der Waals surface area contributed by atoms with Crippen LogP contribution < -0.4 is 9.47 Å². The Morgan fingerprint density at radius 1 is 1.06 bits per heavy atom. The zero-order valence-electron chi connectivity index (χ0n) is 21.4. The summed E-state index contributed by atoms with van der Waals surface area (Å²) in [6.07, 6.45) is -4.92. The monoisotopic (exact) mass is 505 g/mol. The first-order valence-electron chi connectivity index (χ1n) is 11.6. The van der Waals surface area contributed by atoms with E-state index in [1.54, 1.807) is 17.0 Å². The van der Waals surface area contributed by atoms with Gasteiger partial charge in [-0.1, -0.05) is 20.8 Å². The number of nitrogens with zero attached hydrogens (tertiary/aromatic N) is 1. The second kappa shape index (κ2) is 10.8. The number of carbonyl (C=O) groups is 1. The number of amides is 1. The number of rotatable bonds is 6. The second-order valence-corrected chi connectivity index (χ2v) is 13.3. The predicted molar refractivity (Wildman–Crippen MR) is 127 cm³/mol. The van der Waals surface area contributed by atoms with Crippen LogP contribution >= 0.6 is 0 Å². The van der Waals surface area contributed by atoms with Crippen LogP contribution in [0.5, 0.6) is 11.5 Å². The van der Waals surface area contributed by atoms with E-state index in [-0.39, 0.29) is 23.7 Å². The van der Waals surface area contributed by atoms with Gasteiger partial charge in [-0.05, 0) is 51.4 Å². The number of piperidine rings is 1. The summed E-state index contributed by atoms with van der Waals surface area (Å²) in [7, 11) is -1.55. The van der Waals surface area contributed by atoms with Crippen LogP contribution in [0.4, 0.5) is 18.0 Å². The molecular formula is C24H38F3NO5Si. The average Bonchev–Trinajstić information content (AvgIpc) is 2.64. The van der Waals surface area contributed by atoms with Crippen LogP contribution in [0.15, 0.2) is 18.2 Å². The van der Waals surface area contributed by atoms with Gasteiger partial charge < -0.3 is 23.5 Å². The Labute approximate surface area is 202 Å². The smallest absolute Gasteiger partial charge is 0.490 e. The van der Waals surface area contributed by atoms with Crippen LogP contribution in [0.2, 0.25) is 13.1 Å². The first kappa shape index (κ1) is 28.3. The highest BCUT2D eigenvalue weighted by molar-refractivity contribution is 6.48. The van der Waals surface area contributed by atoms with Gasteiger partial charge in [-0.3, -0.25) is 0 Å². The van der Waals surface area contributed by atoms with Gasteiger partial charge in [-0.15, -0.1) is 13.2 Å². The van der Waals surface area contributed by atoms with Crippen molar-refractivity contribution in [1.82, 2.24) is 4.90 Å². The predicted octanol–water partition coefficient (Wildman–Crippen LogP) is 6.45. The highest BCUT2D eigenvalue weighted by Crippen LogP contribution is 2.43. The number of alkyl halides is 3. The van der Waals surface area contributed by atoms with Gasteiger partial charge in [0.2, 0.25) is 0 Å². The fourth-order valence-electron chi connectivity index (χ4n) is 3.71. The number of hydrogen-bond donors (Lipinski definition) is 0. The summed E-state index contributed by atoms with van der Waals surface area (Å²) in [5, 5.41) is 0. The minimum Gasteiger partial charge on any atom is -0.490 e. The summed E-state index contributed by atoms with van der Waals surface area (Å²) in [4.78, 5) is 13.9. The van der Waals surface area contributed by atoms with Gasteiger partial charge in [0.25, 0.3) is 0 Å². The van der Waals surface area contributed by atoms with E-state index < -0.39 is 32.5 Å². The van der Waals surface area contributed by atoms with Gasteiger partial charge in [0, 0.05) is 37.6 Å². The Bertz CT molecular complexity index is 825. The van der Waals surface area contributed by atoms with E-state index in [1.807, 2.05) is 54.6 Å². The van der Waals surface area contributed by atoms with Crippen molar-refractivity contribution in [2.24, 2.45) is 5.41 Å². The zero-order valence-corrected chi connectivity index (χ0v) is 22.6. The molecule has 1 fully saturated rings. The summed E-state index contributed by atoms with van der Waals surface area (Å²) in [6.45, 7) is 16.0. The molecule has 1 heterocycles. The van der Waals surface area contributed by atoms with E-state index in [1.165, 1.54) is 6.07 Å². The molecule has 194 valence electrons. The van der Waals surface area contributed by atoms with Gasteiger partial charge in [-0.2, -0.15) is 0 Å². The highest BCUT2D eigenvalue weighted by atomic mass is 28.3. The third-order valence-electron chi connectivity index (χ3n) is 5.08. The van der Waals surface area contributed by atoms with Crippen molar-refractivity contribution in [2.75, 3.05) is 13.1 Å².